The first-order valence-electron chi connectivity index (χ1n) is 11.1. The molecule has 2 aliphatic carbocycles. The van der Waals surface area contributed by atoms with E-state index in [1.165, 1.54) is 25.3 Å². The van der Waals surface area contributed by atoms with Crippen molar-refractivity contribution in [3.05, 3.63) is 68.5 Å². The summed E-state index contributed by atoms with van der Waals surface area (Å²) in [6.07, 6.45) is 4.07. The predicted molar refractivity (Wildman–Crippen MR) is 121 cm³/mol. The van der Waals surface area contributed by atoms with E-state index in [1.54, 1.807) is 0 Å². The minimum absolute atomic E-state index is 0.0130. The fourth-order valence-electron chi connectivity index (χ4n) is 5.46. The van der Waals surface area contributed by atoms with Crippen molar-refractivity contribution in [3.63, 3.8) is 0 Å². The highest BCUT2D eigenvalue weighted by Crippen LogP contribution is 2.54. The Morgan fingerprint density at radius 2 is 1.78 bits per heavy atom. The van der Waals surface area contributed by atoms with E-state index in [2.05, 4.69) is 5.32 Å². The molecule has 0 spiro atoms. The number of nitro groups is 2. The first-order valence-corrected chi connectivity index (χ1v) is 11.1. The van der Waals surface area contributed by atoms with Crippen LogP contribution in [0.4, 0.5) is 17.3 Å². The monoisotopic (exact) mass is 496 g/mol. The van der Waals surface area contributed by atoms with Gasteiger partial charge in [0.15, 0.2) is 0 Å². The van der Waals surface area contributed by atoms with Crippen molar-refractivity contribution < 1.29 is 33.4 Å². The largest absolute Gasteiger partial charge is 0.495 e. The molecule has 2 fully saturated rings. The number of ether oxygens (including phenoxy) is 1. The van der Waals surface area contributed by atoms with E-state index in [9.17, 15) is 34.6 Å². The fraction of sp³-hybridized carbons (Fsp3) is 0.348. The Balaban J connectivity index is 1.45. The molecule has 5 atom stereocenters. The van der Waals surface area contributed by atoms with Crippen LogP contribution in [-0.2, 0) is 14.4 Å². The standard InChI is InChI=1S/C23H20N4O9/c1-35-16-5-4-13(26(31)32)9-14(16)24-18(28)10-15(17-6-7-19(36-17)27(33)34)25-22(29)20-11-2-3-12(8-11)21(20)23(25)30/h2-7,9,11-12,15,20-21H,8,10H2,1H3,(H,24,28). The van der Waals surface area contributed by atoms with Crippen LogP contribution >= 0.6 is 0 Å². The summed E-state index contributed by atoms with van der Waals surface area (Å²) in [5.74, 6) is -3.38. The Hall–Kier alpha value is -4.55. The molecular formula is C23H20N4O9. The van der Waals surface area contributed by atoms with Gasteiger partial charge in [0, 0.05) is 12.1 Å². The van der Waals surface area contributed by atoms with E-state index in [0.717, 1.165) is 17.0 Å². The van der Waals surface area contributed by atoms with Gasteiger partial charge in [-0.1, -0.05) is 12.2 Å². The fourth-order valence-corrected chi connectivity index (χ4v) is 5.46. The molecule has 0 radical (unpaired) electrons. The Morgan fingerprint density at radius 3 is 2.33 bits per heavy atom. The number of hydrogen-bond acceptors (Lipinski definition) is 9. The third kappa shape index (κ3) is 3.68. The number of furan rings is 1. The number of likely N-dealkylation sites (tertiary alicyclic amines) is 1. The van der Waals surface area contributed by atoms with Crippen molar-refractivity contribution in [3.8, 4) is 5.75 Å². The molecule has 2 aromatic rings. The number of amides is 3. The zero-order chi connectivity index (χ0) is 25.7. The van der Waals surface area contributed by atoms with Crippen LogP contribution < -0.4 is 10.1 Å². The third-order valence-corrected chi connectivity index (χ3v) is 6.98. The molecule has 5 rings (SSSR count). The van der Waals surface area contributed by atoms with Gasteiger partial charge in [0.2, 0.25) is 17.7 Å². The molecule has 1 saturated carbocycles. The molecule has 186 valence electrons. The SMILES string of the molecule is COc1ccc([N+](=O)[O-])cc1NC(=O)CC(c1ccc([N+](=O)[O-])o1)N1C(=O)C2C3C=CC(C3)C2C1=O. The molecule has 1 saturated heterocycles. The summed E-state index contributed by atoms with van der Waals surface area (Å²) in [5, 5.41) is 24.8. The molecule has 2 heterocycles. The maximum Gasteiger partial charge on any atom is 0.433 e. The highest BCUT2D eigenvalue weighted by atomic mass is 16.6. The molecule has 1 N–H and O–H groups in total. The average molecular weight is 496 g/mol. The van der Waals surface area contributed by atoms with Crippen molar-refractivity contribution in [1.82, 2.24) is 4.90 Å². The van der Waals surface area contributed by atoms with Gasteiger partial charge in [0.05, 0.1) is 42.0 Å². The lowest BCUT2D eigenvalue weighted by atomic mass is 9.85. The number of nitrogens with zero attached hydrogens (tertiary/aromatic N) is 3. The maximum absolute atomic E-state index is 13.4. The molecule has 36 heavy (non-hydrogen) atoms. The van der Waals surface area contributed by atoms with Gasteiger partial charge in [-0.3, -0.25) is 39.5 Å². The summed E-state index contributed by atoms with van der Waals surface area (Å²) in [5.41, 5.74) is -0.274. The molecule has 3 aliphatic rings. The number of carbonyl (C=O) groups excluding carboxylic acids is 3. The summed E-state index contributed by atoms with van der Waals surface area (Å²) in [7, 11) is 1.32. The van der Waals surface area contributed by atoms with Gasteiger partial charge >= 0.3 is 5.88 Å². The van der Waals surface area contributed by atoms with Crippen LogP contribution in [0.3, 0.4) is 0 Å². The number of anilines is 1. The normalized spacial score (nSPS) is 24.6. The van der Waals surface area contributed by atoms with Crippen LogP contribution in [0.1, 0.15) is 24.6 Å². The van der Waals surface area contributed by atoms with Crippen LogP contribution in [0.15, 0.2) is 46.9 Å². The number of imide groups is 1. The average Bonchev–Trinajstić information content (AvgIpc) is 3.62. The van der Waals surface area contributed by atoms with E-state index in [-0.39, 0.29) is 34.7 Å². The summed E-state index contributed by atoms with van der Waals surface area (Å²) in [4.78, 5) is 61.7. The number of non-ortho nitro benzene ring substituents is 1. The first-order chi connectivity index (χ1) is 17.2. The smallest absolute Gasteiger partial charge is 0.433 e. The van der Waals surface area contributed by atoms with Gasteiger partial charge < -0.3 is 14.5 Å². The number of methoxy groups -OCH3 is 1. The molecule has 3 amide bonds. The Kier molecular flexibility index (Phi) is 5.54. The number of nitro benzene ring substituents is 1. The van der Waals surface area contributed by atoms with E-state index < -0.39 is 57.8 Å². The van der Waals surface area contributed by atoms with Crippen LogP contribution in [0.25, 0.3) is 0 Å². The van der Waals surface area contributed by atoms with E-state index in [4.69, 9.17) is 9.15 Å². The molecule has 13 heteroatoms. The van der Waals surface area contributed by atoms with Gasteiger partial charge in [0.1, 0.15) is 22.5 Å². The molecule has 1 aliphatic heterocycles. The predicted octanol–water partition coefficient (Wildman–Crippen LogP) is 2.98. The summed E-state index contributed by atoms with van der Waals surface area (Å²) >= 11 is 0. The van der Waals surface area contributed by atoms with Crippen LogP contribution in [0.2, 0.25) is 0 Å². The second kappa shape index (κ2) is 8.59. The minimum atomic E-state index is -1.24. The van der Waals surface area contributed by atoms with E-state index in [0.29, 0.717) is 6.42 Å². The van der Waals surface area contributed by atoms with Crippen molar-refractivity contribution >= 4 is 35.0 Å². The molecular weight excluding hydrogens is 476 g/mol. The van der Waals surface area contributed by atoms with Crippen LogP contribution in [-0.4, -0.2) is 39.6 Å². The van der Waals surface area contributed by atoms with Crippen LogP contribution in [0, 0.1) is 43.9 Å². The van der Waals surface area contributed by atoms with Crippen molar-refractivity contribution in [2.24, 2.45) is 23.7 Å². The van der Waals surface area contributed by atoms with Gasteiger partial charge in [-0.25, -0.2) is 0 Å². The topological polar surface area (TPSA) is 175 Å². The first kappa shape index (κ1) is 23.2. The van der Waals surface area contributed by atoms with Gasteiger partial charge in [-0.15, -0.1) is 0 Å². The van der Waals surface area contributed by atoms with Crippen LogP contribution in [0.5, 0.6) is 5.75 Å². The zero-order valence-electron chi connectivity index (χ0n) is 18.9. The Labute approximate surface area is 203 Å². The van der Waals surface area contributed by atoms with Crippen molar-refractivity contribution in [2.45, 2.75) is 18.9 Å². The Morgan fingerprint density at radius 1 is 1.11 bits per heavy atom. The summed E-state index contributed by atoms with van der Waals surface area (Å²) < 4.78 is 10.5. The number of carbonyl (C=O) groups is 3. The number of allylic oxidation sites excluding steroid dienone is 2. The third-order valence-electron chi connectivity index (χ3n) is 6.98. The maximum atomic E-state index is 13.4. The van der Waals surface area contributed by atoms with Gasteiger partial charge in [-0.05, 0) is 30.4 Å². The molecule has 1 aromatic carbocycles. The lowest BCUT2D eigenvalue weighted by molar-refractivity contribution is -0.402. The van der Waals surface area contributed by atoms with Crippen molar-refractivity contribution in [2.75, 3.05) is 12.4 Å². The molecule has 13 nitrogen and oxygen atoms in total. The lowest BCUT2D eigenvalue weighted by Crippen LogP contribution is -2.38. The highest BCUT2D eigenvalue weighted by molar-refractivity contribution is 6.07. The minimum Gasteiger partial charge on any atom is -0.495 e. The zero-order valence-corrected chi connectivity index (χ0v) is 18.9. The highest BCUT2D eigenvalue weighted by Gasteiger charge is 2.61. The number of benzene rings is 1. The Bertz CT molecular complexity index is 1300. The summed E-state index contributed by atoms with van der Waals surface area (Å²) in [6, 6.07) is 4.74. The number of nitrogens with one attached hydrogen (secondary N) is 1. The number of rotatable bonds is 8. The van der Waals surface area contributed by atoms with Gasteiger partial charge in [0.25, 0.3) is 5.69 Å². The second-order valence-electron chi connectivity index (χ2n) is 8.89. The number of hydrogen-bond donors (Lipinski definition) is 1. The van der Waals surface area contributed by atoms with Crippen molar-refractivity contribution in [1.29, 1.82) is 0 Å². The van der Waals surface area contributed by atoms with E-state index in [1.807, 2.05) is 12.2 Å². The molecule has 1 aromatic heterocycles. The van der Waals surface area contributed by atoms with E-state index >= 15 is 0 Å². The number of fused-ring (bicyclic) bond motifs is 5. The van der Waals surface area contributed by atoms with Gasteiger partial charge in [-0.2, -0.15) is 0 Å². The quantitative estimate of drug-likeness (QED) is 0.249. The lowest BCUT2D eigenvalue weighted by Gasteiger charge is -2.26. The molecule has 5 unspecified atom stereocenters. The summed E-state index contributed by atoms with van der Waals surface area (Å²) in [6.45, 7) is 0. The second-order valence-corrected chi connectivity index (χ2v) is 8.89. The molecule has 2 bridgehead atoms.